The maximum absolute atomic E-state index is 2.35. The van der Waals surface area contributed by atoms with E-state index in [0.29, 0.717) is 26.3 Å². The van der Waals surface area contributed by atoms with Crippen LogP contribution in [0.15, 0.2) is 36.4 Å². The van der Waals surface area contributed by atoms with Crippen LogP contribution in [0.5, 0.6) is 0 Å². The number of hydrogen-bond acceptors (Lipinski definition) is 0. The van der Waals surface area contributed by atoms with E-state index in [2.05, 4.69) is 36.4 Å². The summed E-state index contributed by atoms with van der Waals surface area (Å²) in [6.07, 6.45) is 2.48. The zero-order valence-corrected chi connectivity index (χ0v) is 12.1. The van der Waals surface area contributed by atoms with Gasteiger partial charge in [0, 0.05) is 0 Å². The molecule has 0 radical (unpaired) electrons. The first-order chi connectivity index (χ1) is 7.93. The van der Waals surface area contributed by atoms with Crippen LogP contribution in [-0.2, 0) is 12.8 Å². The fourth-order valence-electron chi connectivity index (χ4n) is 2.64. The summed E-state index contributed by atoms with van der Waals surface area (Å²) in [6.45, 7) is 0. The fraction of sp³-hybridized carbons (Fsp3) is 0.143. The number of benzene rings is 2. The van der Waals surface area contributed by atoms with Gasteiger partial charge in [0.15, 0.2) is 0 Å². The predicted octanol–water partition coefficient (Wildman–Crippen LogP) is 1.04. The second-order valence-electron chi connectivity index (χ2n) is 4.25. The van der Waals surface area contributed by atoms with Crippen molar-refractivity contribution in [1.82, 2.24) is 0 Å². The van der Waals surface area contributed by atoms with Crippen LogP contribution in [0.1, 0.15) is 11.1 Å². The van der Waals surface area contributed by atoms with Crippen molar-refractivity contribution in [3.05, 3.63) is 47.5 Å². The Kier molecular flexibility index (Phi) is 2.07. The Morgan fingerprint density at radius 3 is 1.69 bits per heavy atom. The first-order valence-electron chi connectivity index (χ1n) is 5.52. The van der Waals surface area contributed by atoms with Crippen LogP contribution in [-0.4, -0.2) is 26.3 Å². The first kappa shape index (κ1) is 9.50. The molecule has 1 aliphatic heterocycles. The summed E-state index contributed by atoms with van der Waals surface area (Å²) in [6, 6.07) is 13.9. The molecule has 0 spiro atoms. The second kappa shape index (κ2) is 3.48. The van der Waals surface area contributed by atoms with E-state index in [9.17, 15) is 0 Å². The zero-order chi connectivity index (χ0) is 10.5. The molecule has 0 N–H and O–H groups in total. The molecule has 1 aliphatic carbocycles. The van der Waals surface area contributed by atoms with Gasteiger partial charge in [0.2, 0.25) is 0 Å². The third kappa shape index (κ3) is 1.22. The Hall–Kier alpha value is -0.521. The molecule has 16 heavy (non-hydrogen) atoms. The summed E-state index contributed by atoms with van der Waals surface area (Å²) in [5.41, 5.74) is 6.42. The molecule has 2 aromatic carbocycles. The Morgan fingerprint density at radius 2 is 1.19 bits per heavy atom. The summed E-state index contributed by atoms with van der Waals surface area (Å²) in [5, 5.41) is 0. The van der Waals surface area contributed by atoms with Crippen LogP contribution >= 0.6 is 0 Å². The predicted molar refractivity (Wildman–Crippen MR) is 70.1 cm³/mol. The van der Waals surface area contributed by atoms with E-state index in [1.165, 1.54) is 12.8 Å². The van der Waals surface area contributed by atoms with Gasteiger partial charge in [0.05, 0.1) is 0 Å². The molecule has 0 atom stereocenters. The van der Waals surface area contributed by atoms with Crippen molar-refractivity contribution in [1.29, 1.82) is 0 Å². The third-order valence-electron chi connectivity index (χ3n) is 3.36. The average Bonchev–Trinajstić information content (AvgIpc) is 2.36. The molecular weight excluding hydrogens is 326 g/mol. The molecular formula is C14H10Se2. The maximum atomic E-state index is 2.35. The Bertz CT molecular complexity index is 489. The monoisotopic (exact) mass is 338 g/mol. The third-order valence-corrected chi connectivity index (χ3v) is 10.5. The molecule has 0 bridgehead atoms. The van der Waals surface area contributed by atoms with E-state index >= 15 is 0 Å². The summed E-state index contributed by atoms with van der Waals surface area (Å²) in [7, 11) is 0. The van der Waals surface area contributed by atoms with Gasteiger partial charge in [-0.3, -0.25) is 0 Å². The van der Waals surface area contributed by atoms with E-state index in [4.69, 9.17) is 0 Å². The minimum atomic E-state index is 0.710. The van der Waals surface area contributed by atoms with Gasteiger partial charge < -0.3 is 0 Å². The first-order valence-corrected chi connectivity index (χ1v) is 11.6. The van der Waals surface area contributed by atoms with Crippen molar-refractivity contribution in [2.45, 2.75) is 12.8 Å². The van der Waals surface area contributed by atoms with Crippen molar-refractivity contribution in [3.8, 4) is 11.1 Å². The molecule has 2 aromatic rings. The Labute approximate surface area is 106 Å². The Balaban J connectivity index is 2.15. The van der Waals surface area contributed by atoms with E-state index in [0.717, 1.165) is 0 Å². The molecule has 0 saturated carbocycles. The van der Waals surface area contributed by atoms with Crippen molar-refractivity contribution in [2.24, 2.45) is 0 Å². The fourth-order valence-corrected chi connectivity index (χ4v) is 9.89. The van der Waals surface area contributed by atoms with Crippen molar-refractivity contribution in [2.75, 3.05) is 0 Å². The van der Waals surface area contributed by atoms with Crippen LogP contribution in [0.2, 0.25) is 0 Å². The van der Waals surface area contributed by atoms with Crippen LogP contribution in [0.4, 0.5) is 0 Å². The molecule has 0 unspecified atom stereocenters. The van der Waals surface area contributed by atoms with Crippen LogP contribution in [0.3, 0.4) is 0 Å². The molecule has 0 amide bonds. The molecule has 2 aliphatic rings. The topological polar surface area (TPSA) is 0 Å². The standard InChI is InChI=1S/C14H10Se2/c1-3-9-7-8-10-4-2-6-12-14(10)13(9)11(5-1)15-16-12/h1-6H,7-8H2. The SMILES string of the molecule is c1cc2c3c(c1)[Se][Se]c1cccc(c1-3)CC2. The van der Waals surface area contributed by atoms with Gasteiger partial charge in [0.1, 0.15) is 0 Å². The van der Waals surface area contributed by atoms with E-state index in [1.807, 2.05) is 0 Å². The molecule has 78 valence electrons. The zero-order valence-electron chi connectivity index (χ0n) is 8.69. The van der Waals surface area contributed by atoms with Crippen LogP contribution in [0, 0.1) is 0 Å². The van der Waals surface area contributed by atoms with Gasteiger partial charge in [0.25, 0.3) is 0 Å². The molecule has 0 nitrogen and oxygen atoms in total. The molecule has 1 heterocycles. The molecule has 0 fully saturated rings. The number of aryl methyl sites for hydroxylation is 2. The van der Waals surface area contributed by atoms with Gasteiger partial charge in [-0.15, -0.1) is 0 Å². The number of rotatable bonds is 0. The van der Waals surface area contributed by atoms with Gasteiger partial charge in [-0.2, -0.15) is 0 Å². The number of hydrogen-bond donors (Lipinski definition) is 0. The van der Waals surface area contributed by atoms with Gasteiger partial charge in [-0.25, -0.2) is 0 Å². The quantitative estimate of drug-likeness (QED) is 0.631. The van der Waals surface area contributed by atoms with Crippen LogP contribution in [0.25, 0.3) is 11.1 Å². The summed E-state index contributed by atoms with van der Waals surface area (Å²) in [5.74, 6) is 0. The summed E-state index contributed by atoms with van der Waals surface area (Å²) >= 11 is 1.42. The van der Waals surface area contributed by atoms with E-state index < -0.39 is 0 Å². The van der Waals surface area contributed by atoms with Crippen molar-refractivity contribution >= 4 is 35.2 Å². The van der Waals surface area contributed by atoms with Gasteiger partial charge in [-0.05, 0) is 0 Å². The van der Waals surface area contributed by atoms with Crippen LogP contribution < -0.4 is 8.92 Å². The molecule has 0 aromatic heterocycles. The summed E-state index contributed by atoms with van der Waals surface area (Å²) < 4.78 is 3.31. The van der Waals surface area contributed by atoms with E-state index in [-0.39, 0.29) is 0 Å². The second-order valence-corrected chi connectivity index (χ2v) is 10.4. The average molecular weight is 336 g/mol. The minimum absolute atomic E-state index is 0.710. The normalized spacial score (nSPS) is 15.8. The van der Waals surface area contributed by atoms with Crippen molar-refractivity contribution < 1.29 is 0 Å². The molecule has 0 saturated heterocycles. The van der Waals surface area contributed by atoms with Crippen molar-refractivity contribution in [3.63, 3.8) is 0 Å². The summed E-state index contributed by atoms with van der Waals surface area (Å²) in [4.78, 5) is 0. The molecule has 4 rings (SSSR count). The van der Waals surface area contributed by atoms with E-state index in [1.54, 1.807) is 31.2 Å². The van der Waals surface area contributed by atoms with Gasteiger partial charge >= 0.3 is 107 Å². The molecule has 2 heteroatoms. The van der Waals surface area contributed by atoms with Gasteiger partial charge in [-0.1, -0.05) is 0 Å². The Morgan fingerprint density at radius 1 is 0.688 bits per heavy atom.